The van der Waals surface area contributed by atoms with Crippen LogP contribution in [0.25, 0.3) is 6.08 Å². The number of fused-ring (bicyclic) bond motifs is 1. The van der Waals surface area contributed by atoms with E-state index >= 15 is 0 Å². The molecule has 1 aromatic heterocycles. The highest BCUT2D eigenvalue weighted by atomic mass is 32.2. The first-order valence-electron chi connectivity index (χ1n) is 16.1. The SMILES string of the molecule is CCOC(=O)c1c(NC(=O)C(C)Sc2cccc(NC(=O)/C(=C/c3cccc(OC)c3)NC(=O)c3ccccc3)c2)sc2c1CCC(C)C2. The van der Waals surface area contributed by atoms with Crippen molar-refractivity contribution in [2.45, 2.75) is 50.2 Å². The number of nitrogens with one attached hydrogen (secondary N) is 3. The Morgan fingerprint density at radius 3 is 2.53 bits per heavy atom. The maximum absolute atomic E-state index is 13.6. The number of rotatable bonds is 12. The van der Waals surface area contributed by atoms with E-state index in [0.29, 0.717) is 39.0 Å². The Kier molecular flexibility index (Phi) is 11.9. The molecule has 1 heterocycles. The normalized spacial score (nSPS) is 14.6. The van der Waals surface area contributed by atoms with Crippen LogP contribution < -0.4 is 20.7 Å². The number of hydrogen-bond acceptors (Lipinski definition) is 8. The number of carbonyl (C=O) groups is 4. The minimum absolute atomic E-state index is 0.0401. The molecule has 0 fully saturated rings. The van der Waals surface area contributed by atoms with Crippen molar-refractivity contribution in [1.29, 1.82) is 0 Å². The van der Waals surface area contributed by atoms with E-state index in [9.17, 15) is 19.2 Å². The Bertz CT molecular complexity index is 1870. The average molecular weight is 698 g/mol. The van der Waals surface area contributed by atoms with E-state index < -0.39 is 23.0 Å². The predicted molar refractivity (Wildman–Crippen MR) is 195 cm³/mol. The molecule has 9 nitrogen and oxygen atoms in total. The number of anilines is 2. The molecule has 0 saturated heterocycles. The third-order valence-corrected chi connectivity index (χ3v) is 10.2. The summed E-state index contributed by atoms with van der Waals surface area (Å²) in [6.07, 6.45) is 4.22. The number of esters is 1. The molecule has 1 aliphatic rings. The Labute approximate surface area is 294 Å². The van der Waals surface area contributed by atoms with Crippen molar-refractivity contribution in [2.75, 3.05) is 24.4 Å². The Morgan fingerprint density at radius 1 is 1.00 bits per heavy atom. The summed E-state index contributed by atoms with van der Waals surface area (Å²) in [6, 6.07) is 22.9. The highest BCUT2D eigenvalue weighted by Crippen LogP contribution is 2.40. The smallest absolute Gasteiger partial charge is 0.341 e. The molecule has 0 radical (unpaired) electrons. The molecule has 0 spiro atoms. The lowest BCUT2D eigenvalue weighted by molar-refractivity contribution is -0.115. The van der Waals surface area contributed by atoms with Crippen molar-refractivity contribution in [2.24, 2.45) is 5.92 Å². The first-order chi connectivity index (χ1) is 23.6. The van der Waals surface area contributed by atoms with Gasteiger partial charge >= 0.3 is 5.97 Å². The maximum Gasteiger partial charge on any atom is 0.341 e. The predicted octanol–water partition coefficient (Wildman–Crippen LogP) is 7.59. The van der Waals surface area contributed by atoms with Gasteiger partial charge in [0, 0.05) is 21.0 Å². The molecule has 0 saturated carbocycles. The molecular formula is C38H39N3O6S2. The second kappa shape index (κ2) is 16.5. The molecule has 3 N–H and O–H groups in total. The van der Waals surface area contributed by atoms with Crippen LogP contribution >= 0.6 is 23.1 Å². The zero-order chi connectivity index (χ0) is 34.9. The van der Waals surface area contributed by atoms with Crippen molar-refractivity contribution in [3.63, 3.8) is 0 Å². The van der Waals surface area contributed by atoms with Crippen LogP contribution in [0.1, 0.15) is 63.9 Å². The van der Waals surface area contributed by atoms with Gasteiger partial charge in [-0.15, -0.1) is 23.1 Å². The van der Waals surface area contributed by atoms with E-state index in [1.54, 1.807) is 93.8 Å². The highest BCUT2D eigenvalue weighted by molar-refractivity contribution is 8.00. The monoisotopic (exact) mass is 697 g/mol. The van der Waals surface area contributed by atoms with Crippen LogP contribution in [0, 0.1) is 5.92 Å². The second-order valence-electron chi connectivity index (χ2n) is 11.7. The van der Waals surface area contributed by atoms with Gasteiger partial charge in [0.2, 0.25) is 5.91 Å². The Hall–Kier alpha value is -4.87. The van der Waals surface area contributed by atoms with Crippen molar-refractivity contribution < 1.29 is 28.7 Å². The summed E-state index contributed by atoms with van der Waals surface area (Å²) in [5.74, 6) is -0.488. The van der Waals surface area contributed by atoms with Crippen molar-refractivity contribution in [3.05, 3.63) is 112 Å². The van der Waals surface area contributed by atoms with Gasteiger partial charge in [0.15, 0.2) is 0 Å². The van der Waals surface area contributed by atoms with E-state index in [-0.39, 0.29) is 18.2 Å². The van der Waals surface area contributed by atoms with Crippen molar-refractivity contribution in [3.8, 4) is 5.75 Å². The van der Waals surface area contributed by atoms with Crippen LogP contribution in [0.5, 0.6) is 5.75 Å². The van der Waals surface area contributed by atoms with E-state index in [2.05, 4.69) is 22.9 Å². The molecule has 2 unspecified atom stereocenters. The number of ether oxygens (including phenoxy) is 2. The first-order valence-corrected chi connectivity index (χ1v) is 17.8. The number of hydrogen-bond donors (Lipinski definition) is 3. The van der Waals surface area contributed by atoms with Gasteiger partial charge in [0.1, 0.15) is 16.4 Å². The van der Waals surface area contributed by atoms with E-state index in [1.165, 1.54) is 23.1 Å². The quantitative estimate of drug-likeness (QED) is 0.0792. The molecular weight excluding hydrogens is 659 g/mol. The molecule has 0 aliphatic heterocycles. The molecule has 254 valence electrons. The van der Waals surface area contributed by atoms with Crippen LogP contribution in [0.15, 0.2) is 89.5 Å². The van der Waals surface area contributed by atoms with Gasteiger partial charge in [-0.25, -0.2) is 4.79 Å². The van der Waals surface area contributed by atoms with E-state index in [1.807, 2.05) is 12.1 Å². The fourth-order valence-corrected chi connectivity index (χ4v) is 7.74. The summed E-state index contributed by atoms with van der Waals surface area (Å²) in [5, 5.41) is 8.63. The summed E-state index contributed by atoms with van der Waals surface area (Å²) in [7, 11) is 1.55. The van der Waals surface area contributed by atoms with Crippen LogP contribution in [-0.4, -0.2) is 42.7 Å². The summed E-state index contributed by atoms with van der Waals surface area (Å²) < 4.78 is 10.7. The molecule has 3 aromatic carbocycles. The number of thioether (sulfide) groups is 1. The van der Waals surface area contributed by atoms with E-state index in [0.717, 1.165) is 34.6 Å². The summed E-state index contributed by atoms with van der Waals surface area (Å²) in [5.41, 5.74) is 3.05. The standard InChI is InChI=1S/C38H39N3O6S2/c1-5-47-38(45)33-30-18-17-23(2)19-32(30)49-37(33)41-34(42)24(3)48-29-16-10-14-27(22-29)39-36(44)31(21-25-11-9-15-28(20-25)46-4)40-35(43)26-12-7-6-8-13-26/h6-16,20-24H,5,17-19H2,1-4H3,(H,39,44)(H,40,43)(H,41,42)/b31-21-. The number of carbonyl (C=O) groups excluding carboxylic acids is 4. The minimum atomic E-state index is -0.525. The molecule has 1 aliphatic carbocycles. The van der Waals surface area contributed by atoms with E-state index in [4.69, 9.17) is 9.47 Å². The summed E-state index contributed by atoms with van der Waals surface area (Å²) in [4.78, 5) is 54.8. The van der Waals surface area contributed by atoms with Gasteiger partial charge in [-0.05, 0) is 98.7 Å². The molecule has 5 rings (SSSR count). The third-order valence-electron chi connectivity index (χ3n) is 7.94. The Balaban J connectivity index is 1.30. The molecule has 0 bridgehead atoms. The van der Waals surface area contributed by atoms with Crippen LogP contribution in [0.4, 0.5) is 10.7 Å². The number of thiophene rings is 1. The second-order valence-corrected chi connectivity index (χ2v) is 14.2. The molecule has 49 heavy (non-hydrogen) atoms. The maximum atomic E-state index is 13.6. The third kappa shape index (κ3) is 9.18. The van der Waals surface area contributed by atoms with Crippen molar-refractivity contribution >= 4 is 63.6 Å². The molecule has 4 aromatic rings. The fraction of sp³-hybridized carbons (Fsp3) is 0.263. The van der Waals surface area contributed by atoms with Gasteiger partial charge in [-0.3, -0.25) is 14.4 Å². The van der Waals surface area contributed by atoms with Gasteiger partial charge in [0.25, 0.3) is 11.8 Å². The van der Waals surface area contributed by atoms with Crippen LogP contribution in [0.3, 0.4) is 0 Å². The summed E-state index contributed by atoms with van der Waals surface area (Å²) >= 11 is 2.78. The Morgan fingerprint density at radius 2 is 1.78 bits per heavy atom. The lowest BCUT2D eigenvalue weighted by Crippen LogP contribution is -2.30. The van der Waals surface area contributed by atoms with Gasteiger partial charge < -0.3 is 25.4 Å². The van der Waals surface area contributed by atoms with Crippen LogP contribution in [-0.2, 0) is 27.2 Å². The van der Waals surface area contributed by atoms with Crippen molar-refractivity contribution in [1.82, 2.24) is 5.32 Å². The molecule has 3 amide bonds. The molecule has 2 atom stereocenters. The number of amides is 3. The zero-order valence-corrected chi connectivity index (χ0v) is 29.5. The fourth-order valence-electron chi connectivity index (χ4n) is 5.42. The number of benzene rings is 3. The lowest BCUT2D eigenvalue weighted by atomic mass is 9.88. The highest BCUT2D eigenvalue weighted by Gasteiger charge is 2.30. The van der Waals surface area contributed by atoms with Gasteiger partial charge in [-0.1, -0.05) is 43.3 Å². The minimum Gasteiger partial charge on any atom is -0.497 e. The summed E-state index contributed by atoms with van der Waals surface area (Å²) in [6.45, 7) is 6.01. The topological polar surface area (TPSA) is 123 Å². The first kappa shape index (κ1) is 35.4. The van der Waals surface area contributed by atoms with Gasteiger partial charge in [0.05, 0.1) is 24.5 Å². The average Bonchev–Trinajstić information content (AvgIpc) is 3.45. The zero-order valence-electron chi connectivity index (χ0n) is 27.8. The number of methoxy groups -OCH3 is 1. The largest absolute Gasteiger partial charge is 0.497 e. The van der Waals surface area contributed by atoms with Gasteiger partial charge in [-0.2, -0.15) is 0 Å². The molecule has 11 heteroatoms. The lowest BCUT2D eigenvalue weighted by Gasteiger charge is -2.18. The van der Waals surface area contributed by atoms with Crippen LogP contribution in [0.2, 0.25) is 0 Å².